The number of rotatable bonds is 5. The van der Waals surface area contributed by atoms with E-state index in [0.29, 0.717) is 40.7 Å². The van der Waals surface area contributed by atoms with Crippen LogP contribution < -0.4 is 19.9 Å². The number of nitrogens with one attached hydrogen (secondary N) is 1. The third-order valence-electron chi connectivity index (χ3n) is 7.21. The van der Waals surface area contributed by atoms with Crippen LogP contribution in [-0.2, 0) is 24.2 Å². The third kappa shape index (κ3) is 4.67. The van der Waals surface area contributed by atoms with E-state index in [0.717, 1.165) is 25.1 Å². The molecule has 204 valence electrons. The number of halogens is 1. The fourth-order valence-electron chi connectivity index (χ4n) is 4.99. The molecular weight excluding hydrogens is 533 g/mol. The minimum absolute atomic E-state index is 0.0650. The second kappa shape index (κ2) is 10.3. The number of anilines is 2. The Balaban J connectivity index is 1.35. The van der Waals surface area contributed by atoms with Crippen molar-refractivity contribution in [1.82, 2.24) is 15.1 Å². The van der Waals surface area contributed by atoms with Gasteiger partial charge in [-0.2, -0.15) is 5.10 Å². The lowest BCUT2D eigenvalue weighted by Crippen LogP contribution is -2.39. The Bertz CT molecular complexity index is 1600. The van der Waals surface area contributed by atoms with E-state index in [1.807, 2.05) is 6.07 Å². The molecular formula is C29H26FN5O4S. The molecule has 1 N–H and O–H groups in total. The van der Waals surface area contributed by atoms with E-state index < -0.39 is 11.8 Å². The van der Waals surface area contributed by atoms with Crippen molar-refractivity contribution in [3.63, 3.8) is 0 Å². The Morgan fingerprint density at radius 3 is 2.50 bits per heavy atom. The molecule has 0 fully saturated rings. The summed E-state index contributed by atoms with van der Waals surface area (Å²) >= 11 is 1.44. The maximum absolute atomic E-state index is 13.9. The van der Waals surface area contributed by atoms with Crippen molar-refractivity contribution >= 4 is 40.5 Å². The van der Waals surface area contributed by atoms with Crippen molar-refractivity contribution in [2.24, 2.45) is 0 Å². The number of ether oxygens (including phenoxy) is 1. The number of aromatic nitrogens is 2. The second-order valence-electron chi connectivity index (χ2n) is 9.70. The number of benzene rings is 2. The number of amides is 2. The van der Waals surface area contributed by atoms with Gasteiger partial charge in [-0.3, -0.25) is 9.59 Å². The highest BCUT2D eigenvalue weighted by atomic mass is 32.1. The molecule has 40 heavy (non-hydrogen) atoms. The summed E-state index contributed by atoms with van der Waals surface area (Å²) < 4.78 is 20.8. The van der Waals surface area contributed by atoms with Gasteiger partial charge in [0.1, 0.15) is 11.5 Å². The van der Waals surface area contributed by atoms with E-state index in [9.17, 15) is 18.8 Å². The number of hydrogen-bond donors (Lipinski definition) is 1. The first-order chi connectivity index (χ1) is 19.3. The Morgan fingerprint density at radius 2 is 1.80 bits per heavy atom. The summed E-state index contributed by atoms with van der Waals surface area (Å²) in [6, 6.07) is 14.5. The molecule has 2 aliphatic heterocycles. The molecule has 0 atom stereocenters. The number of carbonyl (C=O) groups is 3. The number of thiophene rings is 1. The van der Waals surface area contributed by atoms with Crippen molar-refractivity contribution in [3.05, 3.63) is 87.8 Å². The molecule has 11 heteroatoms. The molecule has 0 unspecified atom stereocenters. The summed E-state index contributed by atoms with van der Waals surface area (Å²) in [4.78, 5) is 43.3. The van der Waals surface area contributed by atoms with Gasteiger partial charge in [-0.05, 0) is 73.0 Å². The van der Waals surface area contributed by atoms with Gasteiger partial charge in [0.15, 0.2) is 10.8 Å². The minimum Gasteiger partial charge on any atom is -0.411 e. The minimum atomic E-state index is -0.637. The first-order valence-corrected chi connectivity index (χ1v) is 13.7. The van der Waals surface area contributed by atoms with Gasteiger partial charge in [0.25, 0.3) is 5.91 Å². The van der Waals surface area contributed by atoms with Crippen LogP contribution in [0, 0.1) is 5.82 Å². The van der Waals surface area contributed by atoms with Gasteiger partial charge in [0.2, 0.25) is 5.91 Å². The van der Waals surface area contributed by atoms with Crippen LogP contribution >= 0.6 is 11.3 Å². The molecule has 2 aromatic heterocycles. The van der Waals surface area contributed by atoms with Crippen molar-refractivity contribution in [2.45, 2.75) is 26.3 Å². The first kappa shape index (κ1) is 25.9. The zero-order chi connectivity index (χ0) is 28.0. The van der Waals surface area contributed by atoms with Crippen molar-refractivity contribution in [1.29, 1.82) is 0 Å². The van der Waals surface area contributed by atoms with Gasteiger partial charge in [0, 0.05) is 55.4 Å². The molecule has 6 rings (SSSR count). The van der Waals surface area contributed by atoms with E-state index in [1.165, 1.54) is 57.0 Å². The van der Waals surface area contributed by atoms with E-state index in [1.54, 1.807) is 36.2 Å². The SMILES string of the molecule is CC(=O)N(C)c1ccc(N2CCc3c(C(=O)Oc4cc5c(s4)CCNC5)nn(-c4ccc(F)cc4)c3C2=O)cc1. The molecule has 0 spiro atoms. The Labute approximate surface area is 233 Å². The molecule has 2 amide bonds. The molecule has 0 bridgehead atoms. The summed E-state index contributed by atoms with van der Waals surface area (Å²) in [5.41, 5.74) is 3.69. The van der Waals surface area contributed by atoms with E-state index >= 15 is 0 Å². The van der Waals surface area contributed by atoms with E-state index in [-0.39, 0.29) is 23.2 Å². The Morgan fingerprint density at radius 1 is 1.07 bits per heavy atom. The van der Waals surface area contributed by atoms with Crippen molar-refractivity contribution < 1.29 is 23.5 Å². The van der Waals surface area contributed by atoms with Crippen LogP contribution in [0.1, 0.15) is 43.9 Å². The molecule has 0 saturated heterocycles. The van der Waals surface area contributed by atoms with Crippen LogP contribution in [0.25, 0.3) is 5.69 Å². The van der Waals surface area contributed by atoms with E-state index in [4.69, 9.17) is 4.74 Å². The topological polar surface area (TPSA) is 96.8 Å². The second-order valence-corrected chi connectivity index (χ2v) is 10.8. The zero-order valence-corrected chi connectivity index (χ0v) is 22.8. The summed E-state index contributed by atoms with van der Waals surface area (Å²) in [5, 5.41) is 8.32. The molecule has 0 saturated carbocycles. The highest BCUT2D eigenvalue weighted by Crippen LogP contribution is 2.34. The van der Waals surface area contributed by atoms with Gasteiger partial charge < -0.3 is 19.9 Å². The third-order valence-corrected chi connectivity index (χ3v) is 8.33. The maximum Gasteiger partial charge on any atom is 0.365 e. The van der Waals surface area contributed by atoms with Crippen LogP contribution in [-0.4, -0.2) is 47.7 Å². The highest BCUT2D eigenvalue weighted by molar-refractivity contribution is 7.14. The first-order valence-electron chi connectivity index (χ1n) is 12.9. The van der Waals surface area contributed by atoms with Gasteiger partial charge in [-0.15, -0.1) is 11.3 Å². The highest BCUT2D eigenvalue weighted by Gasteiger charge is 2.36. The molecule has 4 aromatic rings. The van der Waals surface area contributed by atoms with Crippen molar-refractivity contribution in [3.8, 4) is 10.8 Å². The van der Waals surface area contributed by atoms with Crippen LogP contribution in [0.3, 0.4) is 0 Å². The van der Waals surface area contributed by atoms with Gasteiger partial charge in [-0.1, -0.05) is 0 Å². The van der Waals surface area contributed by atoms with Gasteiger partial charge in [0.05, 0.1) is 5.69 Å². The lowest BCUT2D eigenvalue weighted by molar-refractivity contribution is -0.116. The normalized spacial score (nSPS) is 14.5. The Hall–Kier alpha value is -4.35. The summed E-state index contributed by atoms with van der Waals surface area (Å²) in [6.45, 7) is 3.41. The maximum atomic E-state index is 13.9. The van der Waals surface area contributed by atoms with Gasteiger partial charge >= 0.3 is 5.97 Å². The van der Waals surface area contributed by atoms with Gasteiger partial charge in [-0.25, -0.2) is 13.9 Å². The largest absolute Gasteiger partial charge is 0.411 e. The number of esters is 1. The fourth-order valence-corrected chi connectivity index (χ4v) is 6.02. The van der Waals surface area contributed by atoms with Crippen LogP contribution in [0.15, 0.2) is 54.6 Å². The number of carbonyl (C=O) groups excluding carboxylic acids is 3. The van der Waals surface area contributed by atoms with E-state index in [2.05, 4.69) is 10.4 Å². The standard InChI is InChI=1S/C29H26FN5O4S/c1-17(36)33(2)20-7-9-21(10-8-20)34-14-12-23-26(29(38)39-25-15-18-16-31-13-11-24(18)40-25)32-35(27(23)28(34)37)22-5-3-19(30)4-6-22/h3-10,15,31H,11-14,16H2,1-2H3. The predicted octanol–water partition coefficient (Wildman–Crippen LogP) is 4.12. The average Bonchev–Trinajstić information content (AvgIpc) is 3.55. The van der Waals surface area contributed by atoms with Crippen LogP contribution in [0.4, 0.5) is 15.8 Å². The number of fused-ring (bicyclic) bond motifs is 2. The fraction of sp³-hybridized carbons (Fsp3) is 0.241. The lowest BCUT2D eigenvalue weighted by atomic mass is 10.0. The van der Waals surface area contributed by atoms with Crippen LogP contribution in [0.2, 0.25) is 0 Å². The zero-order valence-electron chi connectivity index (χ0n) is 21.9. The summed E-state index contributed by atoms with van der Waals surface area (Å²) in [7, 11) is 1.68. The molecule has 2 aromatic carbocycles. The quantitative estimate of drug-likeness (QED) is 0.370. The molecule has 0 aliphatic carbocycles. The predicted molar refractivity (Wildman–Crippen MR) is 149 cm³/mol. The van der Waals surface area contributed by atoms with Crippen LogP contribution in [0.5, 0.6) is 5.06 Å². The summed E-state index contributed by atoms with van der Waals surface area (Å²) in [5.74, 6) is -1.51. The Kier molecular flexibility index (Phi) is 6.68. The number of hydrogen-bond acceptors (Lipinski definition) is 7. The lowest BCUT2D eigenvalue weighted by Gasteiger charge is -2.28. The molecule has 0 radical (unpaired) electrons. The van der Waals surface area contributed by atoms with Crippen molar-refractivity contribution in [2.75, 3.05) is 29.9 Å². The average molecular weight is 560 g/mol. The smallest absolute Gasteiger partial charge is 0.365 e. The molecule has 2 aliphatic rings. The number of nitrogens with zero attached hydrogens (tertiary/aromatic N) is 4. The molecule has 4 heterocycles. The monoisotopic (exact) mass is 559 g/mol. The molecule has 9 nitrogen and oxygen atoms in total. The summed E-state index contributed by atoms with van der Waals surface area (Å²) in [6.07, 6.45) is 1.25.